The topological polar surface area (TPSA) is 76.1 Å². The van der Waals surface area contributed by atoms with E-state index in [-0.39, 0.29) is 12.5 Å². The summed E-state index contributed by atoms with van der Waals surface area (Å²) in [6, 6.07) is 0. The van der Waals surface area contributed by atoms with Crippen LogP contribution in [0, 0.1) is 6.92 Å². The monoisotopic (exact) mass is 238 g/mol. The summed E-state index contributed by atoms with van der Waals surface area (Å²) in [6.07, 6.45) is 1.41. The molecule has 1 aromatic heterocycles. The predicted octanol–water partition coefficient (Wildman–Crippen LogP) is 0.732. The van der Waals surface area contributed by atoms with Gasteiger partial charge in [0.25, 0.3) is 0 Å². The molecule has 0 aliphatic rings. The molecular formula is C11H18N4O2. The van der Waals surface area contributed by atoms with Crippen molar-refractivity contribution in [1.29, 1.82) is 0 Å². The molecule has 0 atom stereocenters. The maximum Gasteiger partial charge on any atom is 0.239 e. The average Bonchev–Trinajstić information content (AvgIpc) is 2.31. The Morgan fingerprint density at radius 2 is 2.18 bits per heavy atom. The van der Waals surface area contributed by atoms with Crippen molar-refractivity contribution in [3.8, 4) is 5.88 Å². The second-order valence-corrected chi connectivity index (χ2v) is 3.39. The summed E-state index contributed by atoms with van der Waals surface area (Å²) in [4.78, 5) is 19.4. The van der Waals surface area contributed by atoms with Crippen molar-refractivity contribution >= 4 is 11.7 Å². The van der Waals surface area contributed by atoms with E-state index in [1.807, 2.05) is 20.8 Å². The van der Waals surface area contributed by atoms with Gasteiger partial charge in [0.05, 0.1) is 18.7 Å². The SMILES string of the molecule is CCNC(=O)CNc1ncnc(OCC)c1C. The predicted molar refractivity (Wildman–Crippen MR) is 65.1 cm³/mol. The highest BCUT2D eigenvalue weighted by atomic mass is 16.5. The fourth-order valence-corrected chi connectivity index (χ4v) is 1.32. The zero-order valence-corrected chi connectivity index (χ0v) is 10.4. The molecule has 1 heterocycles. The van der Waals surface area contributed by atoms with Gasteiger partial charge in [-0.3, -0.25) is 4.79 Å². The minimum Gasteiger partial charge on any atom is -0.478 e. The van der Waals surface area contributed by atoms with Gasteiger partial charge in [0.15, 0.2) is 0 Å². The lowest BCUT2D eigenvalue weighted by Gasteiger charge is -2.10. The van der Waals surface area contributed by atoms with Gasteiger partial charge in [-0.1, -0.05) is 0 Å². The van der Waals surface area contributed by atoms with Gasteiger partial charge in [0, 0.05) is 6.54 Å². The Bertz CT molecular complexity index is 382. The number of hydrogen-bond donors (Lipinski definition) is 2. The lowest BCUT2D eigenvalue weighted by molar-refractivity contribution is -0.119. The molecule has 0 unspecified atom stereocenters. The van der Waals surface area contributed by atoms with Crippen LogP contribution in [-0.2, 0) is 4.79 Å². The molecule has 6 nitrogen and oxygen atoms in total. The fourth-order valence-electron chi connectivity index (χ4n) is 1.32. The van der Waals surface area contributed by atoms with E-state index < -0.39 is 0 Å². The lowest BCUT2D eigenvalue weighted by Crippen LogP contribution is -2.29. The molecule has 0 saturated heterocycles. The summed E-state index contributed by atoms with van der Waals surface area (Å²) in [5.41, 5.74) is 0.804. The number of carbonyl (C=O) groups excluding carboxylic acids is 1. The highest BCUT2D eigenvalue weighted by molar-refractivity contribution is 5.80. The van der Waals surface area contributed by atoms with Crippen LogP contribution in [0.1, 0.15) is 19.4 Å². The molecule has 0 aliphatic carbocycles. The standard InChI is InChI=1S/C11H18N4O2/c1-4-12-9(16)6-13-10-8(3)11(17-5-2)15-7-14-10/h7H,4-6H2,1-3H3,(H,12,16)(H,13,14,15). The molecule has 0 aliphatic heterocycles. The Hall–Kier alpha value is -1.85. The number of ether oxygens (including phenoxy) is 1. The van der Waals surface area contributed by atoms with E-state index in [2.05, 4.69) is 20.6 Å². The van der Waals surface area contributed by atoms with Crippen LogP contribution in [-0.4, -0.2) is 35.6 Å². The molecule has 0 spiro atoms. The summed E-state index contributed by atoms with van der Waals surface area (Å²) in [5, 5.41) is 5.65. The van der Waals surface area contributed by atoms with Crippen molar-refractivity contribution in [3.05, 3.63) is 11.9 Å². The smallest absolute Gasteiger partial charge is 0.239 e. The molecule has 0 radical (unpaired) electrons. The molecule has 0 bridgehead atoms. The van der Waals surface area contributed by atoms with E-state index in [0.29, 0.717) is 24.8 Å². The molecule has 0 aromatic carbocycles. The molecule has 1 rings (SSSR count). The first-order chi connectivity index (χ1) is 8.19. The number of aromatic nitrogens is 2. The van der Waals surface area contributed by atoms with Gasteiger partial charge < -0.3 is 15.4 Å². The minimum atomic E-state index is -0.0662. The van der Waals surface area contributed by atoms with Crippen LogP contribution in [0.2, 0.25) is 0 Å². The van der Waals surface area contributed by atoms with Gasteiger partial charge in [0.1, 0.15) is 12.1 Å². The second-order valence-electron chi connectivity index (χ2n) is 3.39. The zero-order valence-electron chi connectivity index (χ0n) is 10.4. The first-order valence-corrected chi connectivity index (χ1v) is 5.64. The van der Waals surface area contributed by atoms with Crippen LogP contribution in [0.15, 0.2) is 6.33 Å². The Morgan fingerprint density at radius 3 is 2.82 bits per heavy atom. The number of carbonyl (C=O) groups is 1. The van der Waals surface area contributed by atoms with Crippen LogP contribution < -0.4 is 15.4 Å². The quantitative estimate of drug-likeness (QED) is 0.764. The molecule has 0 fully saturated rings. The van der Waals surface area contributed by atoms with Crippen molar-refractivity contribution in [2.24, 2.45) is 0 Å². The lowest BCUT2D eigenvalue weighted by atomic mass is 10.3. The number of rotatable bonds is 6. The maximum absolute atomic E-state index is 11.3. The average molecular weight is 238 g/mol. The van der Waals surface area contributed by atoms with Crippen molar-refractivity contribution in [3.63, 3.8) is 0 Å². The number of anilines is 1. The number of amides is 1. The Kier molecular flexibility index (Phi) is 5.19. The van der Waals surface area contributed by atoms with Gasteiger partial charge in [-0.05, 0) is 20.8 Å². The van der Waals surface area contributed by atoms with E-state index >= 15 is 0 Å². The third-order valence-corrected chi connectivity index (χ3v) is 2.11. The van der Waals surface area contributed by atoms with Gasteiger partial charge in [-0.15, -0.1) is 0 Å². The molecule has 1 amide bonds. The summed E-state index contributed by atoms with van der Waals surface area (Å²) < 4.78 is 5.34. The van der Waals surface area contributed by atoms with Crippen molar-refractivity contribution < 1.29 is 9.53 Å². The number of nitrogens with one attached hydrogen (secondary N) is 2. The van der Waals surface area contributed by atoms with Crippen LogP contribution in [0.25, 0.3) is 0 Å². The second kappa shape index (κ2) is 6.67. The van der Waals surface area contributed by atoms with Crippen molar-refractivity contribution in [2.45, 2.75) is 20.8 Å². The third-order valence-electron chi connectivity index (χ3n) is 2.11. The third kappa shape index (κ3) is 3.90. The Balaban J connectivity index is 2.64. The molecule has 0 saturated carbocycles. The number of likely N-dealkylation sites (N-methyl/N-ethyl adjacent to an activating group) is 1. The first kappa shape index (κ1) is 13.2. The molecule has 2 N–H and O–H groups in total. The van der Waals surface area contributed by atoms with E-state index in [1.165, 1.54) is 6.33 Å². The minimum absolute atomic E-state index is 0.0662. The Morgan fingerprint density at radius 1 is 1.41 bits per heavy atom. The van der Waals surface area contributed by atoms with E-state index in [1.54, 1.807) is 0 Å². The van der Waals surface area contributed by atoms with E-state index in [0.717, 1.165) is 5.56 Å². The summed E-state index contributed by atoms with van der Waals surface area (Å²) in [6.45, 7) is 6.98. The van der Waals surface area contributed by atoms with E-state index in [9.17, 15) is 4.79 Å². The van der Waals surface area contributed by atoms with Crippen LogP contribution in [0.4, 0.5) is 5.82 Å². The number of hydrogen-bond acceptors (Lipinski definition) is 5. The molecule has 17 heavy (non-hydrogen) atoms. The first-order valence-electron chi connectivity index (χ1n) is 5.64. The summed E-state index contributed by atoms with van der Waals surface area (Å²) in [5.74, 6) is 1.10. The fraction of sp³-hybridized carbons (Fsp3) is 0.545. The van der Waals surface area contributed by atoms with Crippen molar-refractivity contribution in [2.75, 3.05) is 25.0 Å². The van der Waals surface area contributed by atoms with E-state index in [4.69, 9.17) is 4.74 Å². The van der Waals surface area contributed by atoms with Crippen LogP contribution in [0.5, 0.6) is 5.88 Å². The van der Waals surface area contributed by atoms with Gasteiger partial charge in [-0.25, -0.2) is 9.97 Å². The van der Waals surface area contributed by atoms with Crippen molar-refractivity contribution in [1.82, 2.24) is 15.3 Å². The van der Waals surface area contributed by atoms with Gasteiger partial charge >= 0.3 is 0 Å². The highest BCUT2D eigenvalue weighted by Crippen LogP contribution is 2.19. The molecule has 6 heteroatoms. The maximum atomic E-state index is 11.3. The van der Waals surface area contributed by atoms with Gasteiger partial charge in [0.2, 0.25) is 11.8 Å². The zero-order chi connectivity index (χ0) is 12.7. The summed E-state index contributed by atoms with van der Waals surface area (Å²) in [7, 11) is 0. The highest BCUT2D eigenvalue weighted by Gasteiger charge is 2.08. The summed E-state index contributed by atoms with van der Waals surface area (Å²) >= 11 is 0. The largest absolute Gasteiger partial charge is 0.478 e. The molecule has 1 aromatic rings. The van der Waals surface area contributed by atoms with Crippen LogP contribution >= 0.6 is 0 Å². The normalized spacial score (nSPS) is 9.82. The molecule has 94 valence electrons. The number of nitrogens with zero attached hydrogens (tertiary/aromatic N) is 2. The Labute approximate surface area is 101 Å². The van der Waals surface area contributed by atoms with Crippen LogP contribution in [0.3, 0.4) is 0 Å². The molecular weight excluding hydrogens is 220 g/mol. The van der Waals surface area contributed by atoms with Gasteiger partial charge in [-0.2, -0.15) is 0 Å².